The summed E-state index contributed by atoms with van der Waals surface area (Å²) in [4.78, 5) is 0. The Hall–Kier alpha value is -1.04. The van der Waals surface area contributed by atoms with Crippen molar-refractivity contribution in [2.24, 2.45) is 0 Å². The number of fused-ring (bicyclic) bond motifs is 1. The summed E-state index contributed by atoms with van der Waals surface area (Å²) in [5.41, 5.74) is 4.18. The van der Waals surface area contributed by atoms with Gasteiger partial charge in [-0.3, -0.25) is 0 Å². The second-order valence-electron chi connectivity index (χ2n) is 2.41. The van der Waals surface area contributed by atoms with Crippen LogP contribution in [0.25, 0.3) is 12.2 Å². The molecule has 0 aromatic heterocycles. The van der Waals surface area contributed by atoms with Gasteiger partial charge in [-0.2, -0.15) is 0 Å². The molecule has 0 heterocycles. The monoisotopic (exact) mass is 116 g/mol. The highest BCUT2D eigenvalue weighted by atomic mass is 14.1. The predicted octanol–water partition coefficient (Wildman–Crippen LogP) is 2.48. The van der Waals surface area contributed by atoms with Gasteiger partial charge in [0.05, 0.1) is 0 Å². The second-order valence-corrected chi connectivity index (χ2v) is 2.41. The minimum absolute atomic E-state index is 1.38. The topological polar surface area (TPSA) is 0 Å². The van der Waals surface area contributed by atoms with Crippen molar-refractivity contribution in [3.05, 3.63) is 34.9 Å². The zero-order chi connectivity index (χ0) is 6.27. The number of benzene rings is 1. The average Bonchev–Trinajstić information content (AvgIpc) is 1.74. The number of hydrogen-bond acceptors (Lipinski definition) is 0. The Balaban J connectivity index is 2.70. The van der Waals surface area contributed by atoms with Gasteiger partial charge in [0.1, 0.15) is 0 Å². The van der Waals surface area contributed by atoms with Crippen LogP contribution in [0.5, 0.6) is 0 Å². The van der Waals surface area contributed by atoms with Crippen LogP contribution in [0, 0.1) is 6.92 Å². The van der Waals surface area contributed by atoms with Gasteiger partial charge < -0.3 is 0 Å². The van der Waals surface area contributed by atoms with Gasteiger partial charge in [0.2, 0.25) is 0 Å². The summed E-state index contributed by atoms with van der Waals surface area (Å²) in [5.74, 6) is 0. The summed E-state index contributed by atoms with van der Waals surface area (Å²) >= 11 is 0. The summed E-state index contributed by atoms with van der Waals surface area (Å²) in [6.45, 7) is 2.14. The van der Waals surface area contributed by atoms with Crippen LogP contribution in [0.3, 0.4) is 0 Å². The molecule has 0 fully saturated rings. The molecule has 0 aliphatic heterocycles. The average molecular weight is 116 g/mol. The Bertz CT molecular complexity index is 269. The molecule has 1 aliphatic carbocycles. The third-order valence-electron chi connectivity index (χ3n) is 1.79. The summed E-state index contributed by atoms with van der Waals surface area (Å²) in [7, 11) is 0. The van der Waals surface area contributed by atoms with Crippen molar-refractivity contribution in [1.82, 2.24) is 0 Å². The highest BCUT2D eigenvalue weighted by molar-refractivity contribution is 5.86. The molecule has 0 saturated carbocycles. The Morgan fingerprint density at radius 2 is 2.00 bits per heavy atom. The molecule has 0 unspecified atom stereocenters. The van der Waals surface area contributed by atoms with Gasteiger partial charge in [0.15, 0.2) is 0 Å². The standard InChI is InChI=1S/C9H8/c1-7-3-2-4-8-5-6-9(7)8/h2-6H,1H3. The molecule has 1 aromatic rings. The van der Waals surface area contributed by atoms with Gasteiger partial charge in [-0.25, -0.2) is 0 Å². The molecule has 9 heavy (non-hydrogen) atoms. The normalized spacial score (nSPS) is 12.6. The molecule has 0 spiro atoms. The van der Waals surface area contributed by atoms with Crippen LogP contribution < -0.4 is 0 Å². The lowest BCUT2D eigenvalue weighted by atomic mass is 9.94. The third kappa shape index (κ3) is 0.531. The first-order chi connectivity index (χ1) is 4.38. The molecule has 0 saturated heterocycles. The van der Waals surface area contributed by atoms with Crippen LogP contribution in [0.1, 0.15) is 16.7 Å². The van der Waals surface area contributed by atoms with E-state index in [0.717, 1.165) is 0 Å². The Labute approximate surface area is 54.8 Å². The summed E-state index contributed by atoms with van der Waals surface area (Å²) in [6, 6.07) is 6.38. The molecule has 0 heteroatoms. The van der Waals surface area contributed by atoms with Gasteiger partial charge >= 0.3 is 0 Å². The van der Waals surface area contributed by atoms with E-state index in [0.29, 0.717) is 0 Å². The van der Waals surface area contributed by atoms with Crippen LogP contribution in [0.2, 0.25) is 0 Å². The minimum atomic E-state index is 1.38. The van der Waals surface area contributed by atoms with Crippen molar-refractivity contribution >= 4 is 12.2 Å². The van der Waals surface area contributed by atoms with E-state index >= 15 is 0 Å². The molecule has 0 atom stereocenters. The molecule has 0 radical (unpaired) electrons. The summed E-state index contributed by atoms with van der Waals surface area (Å²) < 4.78 is 0. The minimum Gasteiger partial charge on any atom is -0.0614 e. The molecule has 0 N–H and O–H groups in total. The fraction of sp³-hybridized carbons (Fsp3) is 0.111. The number of rotatable bonds is 0. The highest BCUT2D eigenvalue weighted by Gasteiger charge is 2.04. The Kier molecular flexibility index (Phi) is 0.786. The van der Waals surface area contributed by atoms with E-state index in [4.69, 9.17) is 0 Å². The smallest absolute Gasteiger partial charge is 0.0155 e. The molecular weight excluding hydrogens is 108 g/mol. The van der Waals surface area contributed by atoms with Crippen molar-refractivity contribution in [2.45, 2.75) is 6.92 Å². The highest BCUT2D eigenvalue weighted by Crippen LogP contribution is 2.25. The lowest BCUT2D eigenvalue weighted by molar-refractivity contribution is 1.41. The van der Waals surface area contributed by atoms with Crippen molar-refractivity contribution in [3.8, 4) is 0 Å². The SMILES string of the molecule is Cc1cccc2c1C=C2. The van der Waals surface area contributed by atoms with Gasteiger partial charge in [-0.05, 0) is 23.6 Å². The number of hydrogen-bond donors (Lipinski definition) is 0. The maximum absolute atomic E-state index is 2.16. The van der Waals surface area contributed by atoms with E-state index in [-0.39, 0.29) is 0 Å². The van der Waals surface area contributed by atoms with Gasteiger partial charge in [0.25, 0.3) is 0 Å². The fourth-order valence-electron chi connectivity index (χ4n) is 1.15. The molecular formula is C9H8. The molecule has 1 aromatic carbocycles. The van der Waals surface area contributed by atoms with E-state index in [1.54, 1.807) is 0 Å². The predicted molar refractivity (Wildman–Crippen MR) is 40.1 cm³/mol. The maximum atomic E-state index is 2.16. The van der Waals surface area contributed by atoms with Crippen LogP contribution in [-0.2, 0) is 0 Å². The zero-order valence-electron chi connectivity index (χ0n) is 5.39. The van der Waals surface area contributed by atoms with Crippen LogP contribution in [0.4, 0.5) is 0 Å². The zero-order valence-corrected chi connectivity index (χ0v) is 5.39. The van der Waals surface area contributed by atoms with E-state index in [2.05, 4.69) is 37.3 Å². The lowest BCUT2D eigenvalue weighted by Crippen LogP contribution is -1.91. The van der Waals surface area contributed by atoms with Crippen LogP contribution >= 0.6 is 0 Å². The molecule has 44 valence electrons. The molecule has 1 aliphatic rings. The summed E-state index contributed by atoms with van der Waals surface area (Å²) in [5, 5.41) is 0. The van der Waals surface area contributed by atoms with E-state index < -0.39 is 0 Å². The first kappa shape index (κ1) is 4.80. The van der Waals surface area contributed by atoms with E-state index in [1.165, 1.54) is 16.7 Å². The van der Waals surface area contributed by atoms with E-state index in [1.807, 2.05) is 0 Å². The first-order valence-electron chi connectivity index (χ1n) is 3.15. The van der Waals surface area contributed by atoms with Gasteiger partial charge in [-0.1, -0.05) is 30.4 Å². The van der Waals surface area contributed by atoms with Crippen LogP contribution in [0.15, 0.2) is 18.2 Å². The number of aryl methyl sites for hydroxylation is 1. The van der Waals surface area contributed by atoms with Crippen molar-refractivity contribution in [1.29, 1.82) is 0 Å². The lowest BCUT2D eigenvalue weighted by Gasteiger charge is -2.11. The Morgan fingerprint density at radius 1 is 1.11 bits per heavy atom. The molecule has 0 nitrogen and oxygen atoms in total. The third-order valence-corrected chi connectivity index (χ3v) is 1.79. The van der Waals surface area contributed by atoms with Crippen LogP contribution in [-0.4, -0.2) is 0 Å². The molecule has 0 bridgehead atoms. The quantitative estimate of drug-likeness (QED) is 0.496. The molecule has 2 rings (SSSR count). The van der Waals surface area contributed by atoms with Crippen molar-refractivity contribution in [3.63, 3.8) is 0 Å². The summed E-state index contributed by atoms with van der Waals surface area (Å²) in [6.07, 6.45) is 4.30. The molecule has 0 amide bonds. The largest absolute Gasteiger partial charge is 0.0614 e. The van der Waals surface area contributed by atoms with E-state index in [9.17, 15) is 0 Å². The Morgan fingerprint density at radius 3 is 2.44 bits per heavy atom. The van der Waals surface area contributed by atoms with Gasteiger partial charge in [0, 0.05) is 0 Å². The second kappa shape index (κ2) is 1.47. The van der Waals surface area contributed by atoms with Crippen molar-refractivity contribution < 1.29 is 0 Å². The van der Waals surface area contributed by atoms with Gasteiger partial charge in [-0.15, -0.1) is 0 Å². The van der Waals surface area contributed by atoms with Crippen molar-refractivity contribution in [2.75, 3.05) is 0 Å². The fourth-order valence-corrected chi connectivity index (χ4v) is 1.15. The maximum Gasteiger partial charge on any atom is -0.0155 e. The first-order valence-corrected chi connectivity index (χ1v) is 3.15.